The molecule has 1 aliphatic rings. The summed E-state index contributed by atoms with van der Waals surface area (Å²) in [5.74, 6) is 4.24. The Kier molecular flexibility index (Phi) is 6.27. The molecule has 35 heavy (non-hydrogen) atoms. The van der Waals surface area contributed by atoms with Gasteiger partial charge in [0.1, 0.15) is 22.8 Å². The number of rotatable bonds is 10. The van der Waals surface area contributed by atoms with E-state index in [0.29, 0.717) is 36.3 Å². The van der Waals surface area contributed by atoms with Crippen molar-refractivity contribution in [3.8, 4) is 23.8 Å². The molecule has 0 radical (unpaired) electrons. The molecule has 0 bridgehead atoms. The molecule has 2 aromatic carbocycles. The van der Waals surface area contributed by atoms with E-state index in [4.69, 9.17) is 11.2 Å². The molecule has 7 heteroatoms. The number of terminal acetylenes is 1. The van der Waals surface area contributed by atoms with Gasteiger partial charge in [0.25, 0.3) is 0 Å². The number of nitrogens with zero attached hydrogens (tertiary/aromatic N) is 4. The number of aromatic hydroxyl groups is 1. The van der Waals surface area contributed by atoms with Gasteiger partial charge in [-0.25, -0.2) is 4.98 Å². The van der Waals surface area contributed by atoms with Gasteiger partial charge in [0.05, 0.1) is 12.6 Å². The van der Waals surface area contributed by atoms with E-state index in [9.17, 15) is 5.11 Å². The van der Waals surface area contributed by atoms with Crippen LogP contribution in [0.1, 0.15) is 36.4 Å². The van der Waals surface area contributed by atoms with Crippen molar-refractivity contribution in [2.45, 2.75) is 31.0 Å². The van der Waals surface area contributed by atoms with Gasteiger partial charge in [0, 0.05) is 42.6 Å². The van der Waals surface area contributed by atoms with E-state index in [1.807, 2.05) is 66.7 Å². The molecule has 5 rings (SSSR count). The number of hydrogen-bond donors (Lipinski definition) is 2. The molecule has 4 aromatic rings. The number of phenols is 1. The van der Waals surface area contributed by atoms with Crippen molar-refractivity contribution in [3.05, 3.63) is 90.3 Å². The van der Waals surface area contributed by atoms with Gasteiger partial charge in [-0.2, -0.15) is 10.2 Å². The molecule has 1 atom stereocenters. The van der Waals surface area contributed by atoms with E-state index in [-0.39, 0.29) is 17.5 Å². The van der Waals surface area contributed by atoms with E-state index in [2.05, 4.69) is 31.4 Å². The molecule has 174 valence electrons. The third kappa shape index (κ3) is 5.07. The minimum atomic E-state index is -0.356. The fourth-order valence-corrected chi connectivity index (χ4v) is 4.07. The van der Waals surface area contributed by atoms with Gasteiger partial charge in [-0.05, 0) is 35.9 Å². The van der Waals surface area contributed by atoms with Crippen LogP contribution in [0.3, 0.4) is 0 Å². The van der Waals surface area contributed by atoms with Crippen molar-refractivity contribution in [1.82, 2.24) is 9.97 Å². The van der Waals surface area contributed by atoms with Crippen LogP contribution in [0.25, 0.3) is 10.9 Å². The minimum Gasteiger partial charge on any atom is -0.505 e. The first-order valence-electron chi connectivity index (χ1n) is 11.5. The maximum atomic E-state index is 11.1. The van der Waals surface area contributed by atoms with E-state index < -0.39 is 0 Å². The van der Waals surface area contributed by atoms with Gasteiger partial charge in [-0.3, -0.25) is 4.98 Å². The Morgan fingerprint density at radius 2 is 1.77 bits per heavy atom. The van der Waals surface area contributed by atoms with Crippen molar-refractivity contribution in [3.63, 3.8) is 0 Å². The van der Waals surface area contributed by atoms with Crippen molar-refractivity contribution in [2.75, 3.05) is 11.9 Å². The molecule has 0 saturated heterocycles. The van der Waals surface area contributed by atoms with E-state index >= 15 is 0 Å². The second-order valence-corrected chi connectivity index (χ2v) is 8.42. The lowest BCUT2D eigenvalue weighted by Crippen LogP contribution is -2.15. The zero-order valence-corrected chi connectivity index (χ0v) is 19.1. The first kappa shape index (κ1) is 22.4. The summed E-state index contributed by atoms with van der Waals surface area (Å²) in [6.45, 7) is 0.504. The van der Waals surface area contributed by atoms with Crippen LogP contribution in [0, 0.1) is 12.3 Å². The average molecular weight is 464 g/mol. The van der Waals surface area contributed by atoms with Crippen LogP contribution in [-0.2, 0) is 0 Å². The van der Waals surface area contributed by atoms with Crippen molar-refractivity contribution in [1.29, 1.82) is 0 Å². The lowest BCUT2D eigenvalue weighted by Gasteiger charge is -2.22. The highest BCUT2D eigenvalue weighted by Gasteiger charge is 2.38. The molecule has 0 saturated carbocycles. The zero-order valence-electron chi connectivity index (χ0n) is 19.1. The van der Waals surface area contributed by atoms with E-state index in [1.165, 1.54) is 0 Å². The number of anilines is 1. The van der Waals surface area contributed by atoms with Crippen molar-refractivity contribution < 1.29 is 9.84 Å². The van der Waals surface area contributed by atoms with E-state index in [1.54, 1.807) is 12.4 Å². The molecule has 1 unspecified atom stereocenters. The van der Waals surface area contributed by atoms with Gasteiger partial charge >= 0.3 is 0 Å². The van der Waals surface area contributed by atoms with Crippen LogP contribution in [-0.4, -0.2) is 27.3 Å². The number of hydrogen-bond acceptors (Lipinski definition) is 7. The van der Waals surface area contributed by atoms with Crippen LogP contribution in [0.2, 0.25) is 0 Å². The summed E-state index contributed by atoms with van der Waals surface area (Å²) in [6, 6.07) is 20.8. The maximum Gasteiger partial charge on any atom is 0.195 e. The third-order valence-corrected chi connectivity index (χ3v) is 6.08. The summed E-state index contributed by atoms with van der Waals surface area (Å²) in [5, 5.41) is 23.7. The molecule has 1 aliphatic heterocycles. The Bertz CT molecular complexity index is 1370. The Morgan fingerprint density at radius 1 is 0.943 bits per heavy atom. The highest BCUT2D eigenvalue weighted by atomic mass is 16.5. The summed E-state index contributed by atoms with van der Waals surface area (Å²) in [6.07, 6.45) is 10.9. The molecular weight excluding hydrogens is 438 g/mol. The minimum absolute atomic E-state index is 0.144. The van der Waals surface area contributed by atoms with Crippen LogP contribution >= 0.6 is 0 Å². The number of fused-ring (bicyclic) bond motifs is 1. The second-order valence-electron chi connectivity index (χ2n) is 8.42. The zero-order chi connectivity index (χ0) is 24.1. The van der Waals surface area contributed by atoms with E-state index in [0.717, 1.165) is 23.1 Å². The topological polar surface area (TPSA) is 92.0 Å². The quantitative estimate of drug-likeness (QED) is 0.287. The monoisotopic (exact) mass is 463 g/mol. The Balaban J connectivity index is 1.36. The molecule has 0 spiro atoms. The lowest BCUT2D eigenvalue weighted by molar-refractivity contribution is 0.283. The van der Waals surface area contributed by atoms with Gasteiger partial charge in [-0.1, -0.05) is 36.4 Å². The number of aromatic nitrogens is 2. The number of ether oxygens (including phenoxy) is 1. The molecule has 2 aromatic heterocycles. The lowest BCUT2D eigenvalue weighted by atomic mass is 9.96. The molecule has 0 amide bonds. The van der Waals surface area contributed by atoms with Gasteiger partial charge in [-0.15, -0.1) is 12.3 Å². The molecular formula is C28H25N5O2. The Hall–Kier alpha value is -4.44. The summed E-state index contributed by atoms with van der Waals surface area (Å²) >= 11 is 0. The summed E-state index contributed by atoms with van der Waals surface area (Å²) in [7, 11) is 0. The smallest absolute Gasteiger partial charge is 0.195 e. The number of pyridine rings is 2. The number of nitrogens with one attached hydrogen (secondary N) is 1. The SMILES string of the molecule is C#CCCC1(CCOc2ccc(C(Nc3ccccn3)c3ccc4cccnc4c3O)cc2)N=N1. The molecule has 0 fully saturated rings. The predicted molar refractivity (Wildman–Crippen MR) is 135 cm³/mol. The highest BCUT2D eigenvalue weighted by Crippen LogP contribution is 2.38. The highest BCUT2D eigenvalue weighted by molar-refractivity contribution is 5.86. The Labute approximate surface area is 203 Å². The van der Waals surface area contributed by atoms with Crippen molar-refractivity contribution in [2.24, 2.45) is 10.2 Å². The van der Waals surface area contributed by atoms with Gasteiger partial charge in [0.15, 0.2) is 5.66 Å². The van der Waals surface area contributed by atoms with Crippen LogP contribution in [0.4, 0.5) is 5.82 Å². The fraction of sp³-hybridized carbons (Fsp3) is 0.214. The predicted octanol–water partition coefficient (Wildman–Crippen LogP) is 5.88. The normalized spacial score (nSPS) is 14.3. The van der Waals surface area contributed by atoms with Gasteiger partial charge < -0.3 is 15.2 Å². The summed E-state index contributed by atoms with van der Waals surface area (Å²) in [5.41, 5.74) is 1.87. The molecule has 0 aliphatic carbocycles. The maximum absolute atomic E-state index is 11.1. The van der Waals surface area contributed by atoms with Crippen molar-refractivity contribution >= 4 is 16.7 Å². The number of benzene rings is 2. The second kappa shape index (κ2) is 9.82. The number of phenolic OH excluding ortho intramolecular Hbond substituents is 1. The van der Waals surface area contributed by atoms with Gasteiger partial charge in [0.2, 0.25) is 0 Å². The third-order valence-electron chi connectivity index (χ3n) is 6.08. The molecule has 3 heterocycles. The fourth-order valence-electron chi connectivity index (χ4n) is 4.07. The molecule has 7 nitrogen and oxygen atoms in total. The first-order chi connectivity index (χ1) is 17.2. The van der Waals surface area contributed by atoms with Crippen LogP contribution < -0.4 is 10.1 Å². The molecule has 2 N–H and O–H groups in total. The van der Waals surface area contributed by atoms with Crippen LogP contribution in [0.5, 0.6) is 11.5 Å². The van der Waals surface area contributed by atoms with Crippen LogP contribution in [0.15, 0.2) is 89.4 Å². The average Bonchev–Trinajstić information content (AvgIpc) is 3.68. The summed E-state index contributed by atoms with van der Waals surface area (Å²) in [4.78, 5) is 8.78. The summed E-state index contributed by atoms with van der Waals surface area (Å²) < 4.78 is 5.94. The largest absolute Gasteiger partial charge is 0.505 e. The first-order valence-corrected chi connectivity index (χ1v) is 11.5. The standard InChI is InChI=1S/C28H25N5O2/c1-2-3-15-28(32-33-28)16-19-35-22-12-9-21(10-13-22)25(31-24-8-4-5-17-29-24)23-14-11-20-7-6-18-30-26(20)27(23)34/h1,4-14,17-18,25,34H,3,15-16,19H2,(H,29,31). The Morgan fingerprint density at radius 3 is 2.51 bits per heavy atom.